The Hall–Kier alpha value is -1.55. The molecule has 2 rings (SSSR count). The number of anilines is 2. The van der Waals surface area contributed by atoms with E-state index in [0.717, 1.165) is 5.92 Å². The standard InChI is InChI=1S/C17H27N3O/c1-12-8-10-14(11-9-12)20(3)13(2)17(21)19-16-7-5-4-6-15(16)18/h4-7,12-14H,8-11,18H2,1-3H3,(H,19,21). The van der Waals surface area contributed by atoms with E-state index in [0.29, 0.717) is 17.4 Å². The van der Waals surface area contributed by atoms with Gasteiger partial charge in [0.1, 0.15) is 0 Å². The maximum atomic E-state index is 12.4. The summed E-state index contributed by atoms with van der Waals surface area (Å²) in [5.41, 5.74) is 7.17. The number of amides is 1. The molecule has 1 aromatic carbocycles. The van der Waals surface area contributed by atoms with E-state index in [2.05, 4.69) is 24.2 Å². The maximum Gasteiger partial charge on any atom is 0.241 e. The number of hydrogen-bond donors (Lipinski definition) is 2. The average molecular weight is 289 g/mol. The summed E-state index contributed by atoms with van der Waals surface area (Å²) < 4.78 is 0. The fourth-order valence-corrected chi connectivity index (χ4v) is 3.00. The highest BCUT2D eigenvalue weighted by molar-refractivity contribution is 5.97. The Kier molecular flexibility index (Phi) is 5.23. The van der Waals surface area contributed by atoms with E-state index in [1.54, 1.807) is 6.07 Å². The first-order chi connectivity index (χ1) is 9.99. The number of nitrogens with zero attached hydrogens (tertiary/aromatic N) is 1. The molecule has 1 fully saturated rings. The summed E-state index contributed by atoms with van der Waals surface area (Å²) in [5, 5.41) is 2.93. The Labute approximate surface area is 127 Å². The number of nitrogens with one attached hydrogen (secondary N) is 1. The normalized spacial score (nSPS) is 23.8. The zero-order valence-corrected chi connectivity index (χ0v) is 13.3. The number of nitrogens with two attached hydrogens (primary N) is 1. The van der Waals surface area contributed by atoms with Gasteiger partial charge in [0, 0.05) is 6.04 Å². The number of rotatable bonds is 4. The molecule has 116 valence electrons. The number of hydrogen-bond acceptors (Lipinski definition) is 3. The molecule has 1 aliphatic rings. The van der Waals surface area contributed by atoms with Crippen molar-refractivity contribution in [2.24, 2.45) is 5.92 Å². The van der Waals surface area contributed by atoms with Gasteiger partial charge in [-0.05, 0) is 57.7 Å². The smallest absolute Gasteiger partial charge is 0.241 e. The Morgan fingerprint density at radius 1 is 1.29 bits per heavy atom. The lowest BCUT2D eigenvalue weighted by Gasteiger charge is -2.36. The largest absolute Gasteiger partial charge is 0.397 e. The van der Waals surface area contributed by atoms with Crippen molar-refractivity contribution in [3.63, 3.8) is 0 Å². The first-order valence-electron chi connectivity index (χ1n) is 7.86. The minimum Gasteiger partial charge on any atom is -0.397 e. The summed E-state index contributed by atoms with van der Waals surface area (Å²) in [4.78, 5) is 14.6. The summed E-state index contributed by atoms with van der Waals surface area (Å²) >= 11 is 0. The molecule has 1 atom stereocenters. The van der Waals surface area contributed by atoms with Crippen LogP contribution in [-0.2, 0) is 4.79 Å². The van der Waals surface area contributed by atoms with Crippen molar-refractivity contribution >= 4 is 17.3 Å². The van der Waals surface area contributed by atoms with Crippen LogP contribution in [0.25, 0.3) is 0 Å². The lowest BCUT2D eigenvalue weighted by atomic mass is 9.86. The van der Waals surface area contributed by atoms with Gasteiger partial charge in [-0.15, -0.1) is 0 Å². The third-order valence-electron chi connectivity index (χ3n) is 4.77. The molecule has 0 bridgehead atoms. The van der Waals surface area contributed by atoms with Crippen molar-refractivity contribution in [3.05, 3.63) is 24.3 Å². The zero-order chi connectivity index (χ0) is 15.4. The van der Waals surface area contributed by atoms with Gasteiger partial charge in [0.2, 0.25) is 5.91 Å². The molecular weight excluding hydrogens is 262 g/mol. The molecular formula is C17H27N3O. The van der Waals surface area contributed by atoms with Crippen molar-refractivity contribution < 1.29 is 4.79 Å². The molecule has 0 heterocycles. The summed E-state index contributed by atoms with van der Waals surface area (Å²) in [6.45, 7) is 4.27. The van der Waals surface area contributed by atoms with Crippen LogP contribution in [0.15, 0.2) is 24.3 Å². The lowest BCUT2D eigenvalue weighted by molar-refractivity contribution is -0.121. The molecule has 21 heavy (non-hydrogen) atoms. The van der Waals surface area contributed by atoms with Gasteiger partial charge < -0.3 is 11.1 Å². The average Bonchev–Trinajstić information content (AvgIpc) is 2.49. The molecule has 4 nitrogen and oxygen atoms in total. The van der Waals surface area contributed by atoms with Gasteiger partial charge >= 0.3 is 0 Å². The number of nitrogen functional groups attached to an aromatic ring is 1. The minimum absolute atomic E-state index is 0.00835. The van der Waals surface area contributed by atoms with Gasteiger partial charge in [0.25, 0.3) is 0 Å². The first kappa shape index (κ1) is 15.8. The molecule has 1 aromatic rings. The van der Waals surface area contributed by atoms with Crippen LogP contribution in [0.5, 0.6) is 0 Å². The fraction of sp³-hybridized carbons (Fsp3) is 0.588. The monoisotopic (exact) mass is 289 g/mol. The Morgan fingerprint density at radius 3 is 2.52 bits per heavy atom. The predicted molar refractivity (Wildman–Crippen MR) is 88.1 cm³/mol. The molecule has 1 aliphatic carbocycles. The van der Waals surface area contributed by atoms with Gasteiger partial charge in [-0.1, -0.05) is 19.1 Å². The molecule has 0 radical (unpaired) electrons. The van der Waals surface area contributed by atoms with Crippen molar-refractivity contribution in [1.82, 2.24) is 4.90 Å². The van der Waals surface area contributed by atoms with Crippen molar-refractivity contribution in [2.75, 3.05) is 18.1 Å². The van der Waals surface area contributed by atoms with Crippen LogP contribution in [0.1, 0.15) is 39.5 Å². The second kappa shape index (κ2) is 6.94. The van der Waals surface area contributed by atoms with Crippen molar-refractivity contribution in [1.29, 1.82) is 0 Å². The van der Waals surface area contributed by atoms with Gasteiger partial charge in [0.15, 0.2) is 0 Å². The second-order valence-electron chi connectivity index (χ2n) is 6.33. The Balaban J connectivity index is 1.94. The topological polar surface area (TPSA) is 58.4 Å². The van der Waals surface area contributed by atoms with E-state index in [1.165, 1.54) is 25.7 Å². The van der Waals surface area contributed by atoms with Crippen LogP contribution in [0.2, 0.25) is 0 Å². The molecule has 4 heteroatoms. The van der Waals surface area contributed by atoms with Gasteiger partial charge in [-0.2, -0.15) is 0 Å². The third kappa shape index (κ3) is 3.97. The zero-order valence-electron chi connectivity index (χ0n) is 13.3. The molecule has 1 amide bonds. The van der Waals surface area contributed by atoms with Crippen molar-refractivity contribution in [2.45, 2.75) is 51.6 Å². The summed E-state index contributed by atoms with van der Waals surface area (Å²) in [6, 6.07) is 7.74. The number of carbonyl (C=O) groups is 1. The van der Waals surface area contributed by atoms with Crippen LogP contribution < -0.4 is 11.1 Å². The molecule has 0 saturated heterocycles. The van der Waals surface area contributed by atoms with Gasteiger partial charge in [-0.25, -0.2) is 0 Å². The number of para-hydroxylation sites is 2. The summed E-state index contributed by atoms with van der Waals surface area (Å²) in [5.74, 6) is 0.830. The Morgan fingerprint density at radius 2 is 1.90 bits per heavy atom. The summed E-state index contributed by atoms with van der Waals surface area (Å²) in [6.07, 6.45) is 4.88. The van der Waals surface area contributed by atoms with Crippen LogP contribution in [-0.4, -0.2) is 29.9 Å². The van der Waals surface area contributed by atoms with Crippen LogP contribution in [0, 0.1) is 5.92 Å². The highest BCUT2D eigenvalue weighted by atomic mass is 16.2. The molecule has 1 saturated carbocycles. The van der Waals surface area contributed by atoms with Gasteiger partial charge in [-0.3, -0.25) is 9.69 Å². The van der Waals surface area contributed by atoms with Crippen LogP contribution in [0.4, 0.5) is 11.4 Å². The number of benzene rings is 1. The van der Waals surface area contributed by atoms with Gasteiger partial charge in [0.05, 0.1) is 17.4 Å². The quantitative estimate of drug-likeness (QED) is 0.837. The Bertz CT molecular complexity index is 481. The maximum absolute atomic E-state index is 12.4. The fourth-order valence-electron chi connectivity index (χ4n) is 3.00. The summed E-state index contributed by atoms with van der Waals surface area (Å²) in [7, 11) is 2.05. The number of likely N-dealkylation sites (N-methyl/N-ethyl adjacent to an activating group) is 1. The molecule has 0 aromatic heterocycles. The van der Waals surface area contributed by atoms with E-state index in [4.69, 9.17) is 5.73 Å². The van der Waals surface area contributed by atoms with E-state index < -0.39 is 0 Å². The van der Waals surface area contributed by atoms with Crippen molar-refractivity contribution in [3.8, 4) is 0 Å². The van der Waals surface area contributed by atoms with Crippen LogP contribution in [0.3, 0.4) is 0 Å². The lowest BCUT2D eigenvalue weighted by Crippen LogP contribution is -2.46. The van der Waals surface area contributed by atoms with E-state index >= 15 is 0 Å². The van der Waals surface area contributed by atoms with E-state index in [1.807, 2.05) is 25.1 Å². The SMILES string of the molecule is CC1CCC(N(C)C(C)C(=O)Nc2ccccc2N)CC1. The highest BCUT2D eigenvalue weighted by Gasteiger charge is 2.28. The molecule has 1 unspecified atom stereocenters. The predicted octanol–water partition coefficient (Wildman–Crippen LogP) is 3.11. The number of carbonyl (C=O) groups excluding carboxylic acids is 1. The molecule has 3 N–H and O–H groups in total. The molecule has 0 aliphatic heterocycles. The molecule has 0 spiro atoms. The second-order valence-corrected chi connectivity index (χ2v) is 6.33. The third-order valence-corrected chi connectivity index (χ3v) is 4.77. The van der Waals surface area contributed by atoms with E-state index in [-0.39, 0.29) is 11.9 Å². The van der Waals surface area contributed by atoms with E-state index in [9.17, 15) is 4.79 Å². The minimum atomic E-state index is -0.150. The first-order valence-corrected chi connectivity index (χ1v) is 7.86. The van der Waals surface area contributed by atoms with Crippen LogP contribution >= 0.6 is 0 Å². The highest BCUT2D eigenvalue weighted by Crippen LogP contribution is 2.27.